The SMILES string of the molecule is CC(C)CC(C=O)NC(=O)OCc1ccccc1.Cc1ccc(O)cc1.[Ac]. The van der Waals surface area contributed by atoms with Crippen molar-refractivity contribution in [2.75, 3.05) is 0 Å². The largest absolute Gasteiger partial charge is 0.508 e. The van der Waals surface area contributed by atoms with E-state index in [2.05, 4.69) is 5.32 Å². The zero-order chi connectivity index (χ0) is 19.4. The first-order valence-electron chi connectivity index (χ1n) is 8.59. The molecular weight excluding hydrogens is 557 g/mol. The topological polar surface area (TPSA) is 75.6 Å². The number of rotatable bonds is 6. The maximum atomic E-state index is 11.5. The summed E-state index contributed by atoms with van der Waals surface area (Å²) in [5, 5.41) is 11.3. The standard InChI is InChI=1S/C14H19NO3.C7H8O.Ac/c1-11(2)8-13(9-16)15-14(17)18-10-12-6-4-3-5-7-12;1-6-2-4-7(8)5-3-6;/h3-7,9,11,13H,8,10H2,1-2H3,(H,15,17);2-5,8H,1H3;. The fourth-order valence-corrected chi connectivity index (χ4v) is 2.12. The van der Waals surface area contributed by atoms with Gasteiger partial charge >= 0.3 is 6.09 Å². The van der Waals surface area contributed by atoms with Gasteiger partial charge in [-0.2, -0.15) is 0 Å². The van der Waals surface area contributed by atoms with Gasteiger partial charge in [-0.05, 0) is 37.0 Å². The Labute approximate surface area is 197 Å². The third-order valence-corrected chi connectivity index (χ3v) is 3.44. The number of aryl methyl sites for hydroxylation is 1. The number of benzene rings is 2. The van der Waals surface area contributed by atoms with Gasteiger partial charge in [0.25, 0.3) is 0 Å². The van der Waals surface area contributed by atoms with Crippen molar-refractivity contribution in [3.8, 4) is 5.75 Å². The van der Waals surface area contributed by atoms with Crippen LogP contribution in [0.3, 0.4) is 0 Å². The number of amides is 1. The van der Waals surface area contributed by atoms with E-state index < -0.39 is 12.1 Å². The Morgan fingerprint density at radius 3 is 2.19 bits per heavy atom. The van der Waals surface area contributed by atoms with Crippen molar-refractivity contribution in [3.63, 3.8) is 0 Å². The molecule has 27 heavy (non-hydrogen) atoms. The summed E-state index contributed by atoms with van der Waals surface area (Å²) in [5.41, 5.74) is 2.09. The van der Waals surface area contributed by atoms with Crippen LogP contribution in [0, 0.1) is 56.9 Å². The molecule has 0 fully saturated rings. The summed E-state index contributed by atoms with van der Waals surface area (Å²) in [6.07, 6.45) is 0.796. The number of hydrogen-bond acceptors (Lipinski definition) is 4. The summed E-state index contributed by atoms with van der Waals surface area (Å²) >= 11 is 0. The van der Waals surface area contributed by atoms with E-state index in [-0.39, 0.29) is 50.7 Å². The van der Waals surface area contributed by atoms with E-state index in [1.54, 1.807) is 12.1 Å². The molecule has 0 spiro atoms. The maximum Gasteiger partial charge on any atom is 0.408 e. The number of phenols is 1. The summed E-state index contributed by atoms with van der Waals surface area (Å²) in [5.74, 6) is 0.672. The molecule has 2 N–H and O–H groups in total. The first-order chi connectivity index (χ1) is 12.4. The van der Waals surface area contributed by atoms with Crippen molar-refractivity contribution in [1.82, 2.24) is 5.32 Å². The van der Waals surface area contributed by atoms with E-state index >= 15 is 0 Å². The van der Waals surface area contributed by atoms with Crippen molar-refractivity contribution in [1.29, 1.82) is 0 Å². The second-order valence-electron chi connectivity index (χ2n) is 6.41. The smallest absolute Gasteiger partial charge is 0.408 e. The molecule has 2 aromatic carbocycles. The van der Waals surface area contributed by atoms with Crippen LogP contribution in [0.1, 0.15) is 31.4 Å². The monoisotopic (exact) mass is 584 g/mol. The molecule has 1 unspecified atom stereocenters. The van der Waals surface area contributed by atoms with Gasteiger partial charge in [0.2, 0.25) is 0 Å². The summed E-state index contributed by atoms with van der Waals surface area (Å²) in [7, 11) is 0. The molecule has 0 aliphatic rings. The van der Waals surface area contributed by atoms with Crippen LogP contribution in [0.4, 0.5) is 4.79 Å². The van der Waals surface area contributed by atoms with Crippen LogP contribution < -0.4 is 5.32 Å². The molecule has 0 saturated carbocycles. The Hall–Kier alpha value is -1.38. The molecule has 1 amide bonds. The molecule has 0 aliphatic heterocycles. The van der Waals surface area contributed by atoms with Crippen LogP contribution in [0.25, 0.3) is 0 Å². The van der Waals surface area contributed by atoms with Crippen LogP contribution in [-0.4, -0.2) is 23.5 Å². The average molecular weight is 584 g/mol. The van der Waals surface area contributed by atoms with Gasteiger partial charge in [0, 0.05) is 44.1 Å². The fourth-order valence-electron chi connectivity index (χ4n) is 2.12. The van der Waals surface area contributed by atoms with Crippen molar-refractivity contribution >= 4 is 12.4 Å². The van der Waals surface area contributed by atoms with E-state index in [0.29, 0.717) is 18.1 Å². The van der Waals surface area contributed by atoms with Gasteiger partial charge in [0.15, 0.2) is 0 Å². The Kier molecular flexibility index (Phi) is 13.9. The number of phenolic OH excluding ortho intramolecular Hbond substituents is 1. The number of nitrogens with one attached hydrogen (secondary N) is 1. The Morgan fingerprint density at radius 1 is 1.11 bits per heavy atom. The molecule has 5 nitrogen and oxygen atoms in total. The van der Waals surface area contributed by atoms with Gasteiger partial charge in [-0.15, -0.1) is 0 Å². The van der Waals surface area contributed by atoms with Crippen LogP contribution in [0.5, 0.6) is 5.75 Å². The Balaban J connectivity index is 0.000000629. The molecule has 2 rings (SSSR count). The maximum absolute atomic E-state index is 11.5. The molecule has 6 heteroatoms. The van der Waals surface area contributed by atoms with E-state index in [4.69, 9.17) is 9.84 Å². The van der Waals surface area contributed by atoms with Crippen LogP contribution in [0.15, 0.2) is 54.6 Å². The predicted molar refractivity (Wildman–Crippen MR) is 102 cm³/mol. The normalized spacial score (nSPS) is 10.7. The first kappa shape index (κ1) is 25.6. The van der Waals surface area contributed by atoms with Crippen molar-refractivity contribution in [2.45, 2.75) is 39.8 Å². The number of aldehydes is 1. The molecule has 0 saturated heterocycles. The second-order valence-corrected chi connectivity index (χ2v) is 6.41. The van der Waals surface area contributed by atoms with Crippen LogP contribution in [0.2, 0.25) is 0 Å². The number of ether oxygens (including phenoxy) is 1. The first-order valence-corrected chi connectivity index (χ1v) is 8.59. The van der Waals surface area contributed by atoms with Gasteiger partial charge < -0.3 is 20.0 Å². The van der Waals surface area contributed by atoms with Gasteiger partial charge in [-0.1, -0.05) is 61.9 Å². The minimum atomic E-state index is -0.559. The van der Waals surface area contributed by atoms with Gasteiger partial charge in [0.1, 0.15) is 18.6 Å². The van der Waals surface area contributed by atoms with E-state index in [0.717, 1.165) is 11.8 Å². The summed E-state index contributed by atoms with van der Waals surface area (Å²) < 4.78 is 5.03. The molecule has 2 aromatic rings. The zero-order valence-corrected chi connectivity index (χ0v) is 20.8. The van der Waals surface area contributed by atoms with Crippen LogP contribution >= 0.6 is 0 Å². The number of hydrogen-bond donors (Lipinski definition) is 2. The minimum Gasteiger partial charge on any atom is -0.508 e. The third kappa shape index (κ3) is 12.6. The molecule has 1 atom stereocenters. The molecule has 0 heterocycles. The average Bonchev–Trinajstić information content (AvgIpc) is 2.63. The predicted octanol–water partition coefficient (Wildman–Crippen LogP) is 4.23. The Bertz CT molecular complexity index is 639. The van der Waals surface area contributed by atoms with E-state index in [1.165, 1.54) is 5.56 Å². The summed E-state index contributed by atoms with van der Waals surface area (Å²) in [4.78, 5) is 22.3. The third-order valence-electron chi connectivity index (χ3n) is 3.44. The molecule has 0 aliphatic carbocycles. The quantitative estimate of drug-likeness (QED) is 0.499. The fraction of sp³-hybridized carbons (Fsp3) is 0.333. The Morgan fingerprint density at radius 2 is 1.70 bits per heavy atom. The van der Waals surface area contributed by atoms with Crippen molar-refractivity contribution in [3.05, 3.63) is 65.7 Å². The number of aromatic hydroxyl groups is 1. The molecule has 0 aromatic heterocycles. The summed E-state index contributed by atoms with van der Waals surface area (Å²) in [6.45, 7) is 6.18. The molecule has 1 radical (unpaired) electrons. The van der Waals surface area contributed by atoms with Gasteiger partial charge in [0.05, 0.1) is 6.04 Å². The summed E-state index contributed by atoms with van der Waals surface area (Å²) in [6, 6.07) is 16.0. The van der Waals surface area contributed by atoms with Crippen molar-refractivity contribution in [2.24, 2.45) is 5.92 Å². The number of carbonyl (C=O) groups excluding carboxylic acids is 2. The molecule has 0 bridgehead atoms. The molecular formula is C21H27AcNO4. The minimum absolute atomic E-state index is 0. The van der Waals surface area contributed by atoms with E-state index in [1.807, 2.05) is 63.2 Å². The van der Waals surface area contributed by atoms with Crippen LogP contribution in [-0.2, 0) is 16.1 Å². The van der Waals surface area contributed by atoms with Gasteiger partial charge in [-0.25, -0.2) is 4.79 Å². The van der Waals surface area contributed by atoms with Gasteiger partial charge in [-0.3, -0.25) is 0 Å². The number of alkyl carbamates (subject to hydrolysis) is 1. The zero-order valence-electron chi connectivity index (χ0n) is 16.1. The van der Waals surface area contributed by atoms with Crippen molar-refractivity contribution < 1.29 is 63.5 Å². The van der Waals surface area contributed by atoms with E-state index in [9.17, 15) is 9.59 Å². The number of carbonyl (C=O) groups is 2. The molecule has 143 valence electrons. The second kappa shape index (κ2) is 14.7.